The molecular weight excluding hydrogens is 308 g/mol. The van der Waals surface area contributed by atoms with Crippen molar-refractivity contribution < 1.29 is 19.0 Å². The van der Waals surface area contributed by atoms with Crippen molar-refractivity contribution in [2.24, 2.45) is 0 Å². The standard InChI is InChI=1S/C15H24N2O4.ClH/c1-11-13(20-3)9-12(10-14(11)21-4)15(18)17-6-5-16-7-8-19-2;/h9-10,16H,5-8H2,1-4H3,(H,17,18);1H. The van der Waals surface area contributed by atoms with E-state index in [1.54, 1.807) is 33.5 Å². The third-order valence-electron chi connectivity index (χ3n) is 3.08. The molecule has 0 aliphatic heterocycles. The summed E-state index contributed by atoms with van der Waals surface area (Å²) in [6, 6.07) is 3.43. The third kappa shape index (κ3) is 6.09. The third-order valence-corrected chi connectivity index (χ3v) is 3.08. The number of methoxy groups -OCH3 is 3. The Kier molecular flexibility index (Phi) is 10.4. The Balaban J connectivity index is 0.00000441. The molecule has 2 N–H and O–H groups in total. The van der Waals surface area contributed by atoms with E-state index in [4.69, 9.17) is 14.2 Å². The average molecular weight is 333 g/mol. The highest BCUT2D eigenvalue weighted by Crippen LogP contribution is 2.29. The average Bonchev–Trinajstić information content (AvgIpc) is 2.50. The van der Waals surface area contributed by atoms with Crippen LogP contribution in [0.3, 0.4) is 0 Å². The lowest BCUT2D eigenvalue weighted by atomic mass is 10.1. The molecule has 0 radical (unpaired) electrons. The van der Waals surface area contributed by atoms with Crippen LogP contribution in [0, 0.1) is 6.92 Å². The van der Waals surface area contributed by atoms with Gasteiger partial charge >= 0.3 is 0 Å². The van der Waals surface area contributed by atoms with Gasteiger partial charge in [0.25, 0.3) is 5.91 Å². The van der Waals surface area contributed by atoms with E-state index in [-0.39, 0.29) is 18.3 Å². The Morgan fingerprint density at radius 1 is 1.05 bits per heavy atom. The number of carbonyl (C=O) groups excluding carboxylic acids is 1. The quantitative estimate of drug-likeness (QED) is 0.669. The SMILES string of the molecule is COCCNCCNC(=O)c1cc(OC)c(C)c(OC)c1.Cl. The van der Waals surface area contributed by atoms with E-state index in [0.717, 1.165) is 12.1 Å². The Hall–Kier alpha value is -1.50. The maximum Gasteiger partial charge on any atom is 0.251 e. The molecule has 0 bridgehead atoms. The molecule has 1 aromatic carbocycles. The van der Waals surface area contributed by atoms with Gasteiger partial charge in [0.15, 0.2) is 0 Å². The van der Waals surface area contributed by atoms with Crippen molar-refractivity contribution in [3.8, 4) is 11.5 Å². The molecule has 7 heteroatoms. The lowest BCUT2D eigenvalue weighted by Gasteiger charge is -2.13. The molecule has 0 saturated carbocycles. The van der Waals surface area contributed by atoms with Gasteiger partial charge in [-0.3, -0.25) is 4.79 Å². The van der Waals surface area contributed by atoms with Gasteiger partial charge in [-0.25, -0.2) is 0 Å². The van der Waals surface area contributed by atoms with Crippen molar-refractivity contribution in [3.05, 3.63) is 23.3 Å². The fraction of sp³-hybridized carbons (Fsp3) is 0.533. The molecule has 126 valence electrons. The number of rotatable bonds is 9. The van der Waals surface area contributed by atoms with Crippen LogP contribution in [0.15, 0.2) is 12.1 Å². The van der Waals surface area contributed by atoms with Crippen LogP contribution >= 0.6 is 12.4 Å². The van der Waals surface area contributed by atoms with Crippen LogP contribution in [0.5, 0.6) is 11.5 Å². The summed E-state index contributed by atoms with van der Waals surface area (Å²) in [7, 11) is 4.80. The number of ether oxygens (including phenoxy) is 3. The molecule has 0 atom stereocenters. The normalized spacial score (nSPS) is 9.82. The first-order valence-corrected chi connectivity index (χ1v) is 6.84. The second kappa shape index (κ2) is 11.1. The largest absolute Gasteiger partial charge is 0.496 e. The molecule has 0 unspecified atom stereocenters. The van der Waals surface area contributed by atoms with Crippen molar-refractivity contribution in [2.75, 3.05) is 47.6 Å². The van der Waals surface area contributed by atoms with E-state index in [1.165, 1.54) is 0 Å². The molecule has 0 spiro atoms. The Morgan fingerprint density at radius 3 is 2.14 bits per heavy atom. The summed E-state index contributed by atoms with van der Waals surface area (Å²) in [5.41, 5.74) is 1.39. The smallest absolute Gasteiger partial charge is 0.251 e. The monoisotopic (exact) mass is 332 g/mol. The van der Waals surface area contributed by atoms with E-state index < -0.39 is 0 Å². The lowest BCUT2D eigenvalue weighted by molar-refractivity contribution is 0.0953. The van der Waals surface area contributed by atoms with Gasteiger partial charge in [0.1, 0.15) is 11.5 Å². The number of halogens is 1. The number of hydrogen-bond donors (Lipinski definition) is 2. The maximum atomic E-state index is 12.1. The molecule has 0 aromatic heterocycles. The van der Waals surface area contributed by atoms with Gasteiger partial charge in [-0.15, -0.1) is 12.4 Å². The summed E-state index contributed by atoms with van der Waals surface area (Å²) >= 11 is 0. The summed E-state index contributed by atoms with van der Waals surface area (Å²) in [5.74, 6) is 1.12. The van der Waals surface area contributed by atoms with Gasteiger partial charge in [-0.2, -0.15) is 0 Å². The highest BCUT2D eigenvalue weighted by molar-refractivity contribution is 5.95. The fourth-order valence-electron chi connectivity index (χ4n) is 1.88. The Bertz CT molecular complexity index is 444. The first-order chi connectivity index (χ1) is 10.1. The minimum atomic E-state index is -0.153. The van der Waals surface area contributed by atoms with Gasteiger partial charge < -0.3 is 24.8 Å². The zero-order valence-electron chi connectivity index (χ0n) is 13.5. The summed E-state index contributed by atoms with van der Waals surface area (Å²) < 4.78 is 15.4. The van der Waals surface area contributed by atoms with Crippen LogP contribution < -0.4 is 20.1 Å². The van der Waals surface area contributed by atoms with Crippen LogP contribution in [-0.2, 0) is 4.74 Å². The zero-order valence-corrected chi connectivity index (χ0v) is 14.3. The molecule has 1 amide bonds. The van der Waals surface area contributed by atoms with Crippen LogP contribution in [0.2, 0.25) is 0 Å². The predicted octanol–water partition coefficient (Wildman–Crippen LogP) is 1.40. The van der Waals surface area contributed by atoms with Crippen LogP contribution in [-0.4, -0.2) is 53.5 Å². The van der Waals surface area contributed by atoms with Crippen molar-refractivity contribution in [3.63, 3.8) is 0 Å². The van der Waals surface area contributed by atoms with Crippen LogP contribution in [0.4, 0.5) is 0 Å². The number of hydrogen-bond acceptors (Lipinski definition) is 5. The minimum absolute atomic E-state index is 0. The molecule has 0 saturated heterocycles. The number of benzene rings is 1. The molecule has 0 fully saturated rings. The lowest BCUT2D eigenvalue weighted by Crippen LogP contribution is -2.33. The van der Waals surface area contributed by atoms with E-state index in [9.17, 15) is 4.79 Å². The van der Waals surface area contributed by atoms with Crippen LogP contribution in [0.25, 0.3) is 0 Å². The predicted molar refractivity (Wildman–Crippen MR) is 88.6 cm³/mol. The summed E-state index contributed by atoms with van der Waals surface area (Å²) in [4.78, 5) is 12.1. The molecule has 0 heterocycles. The minimum Gasteiger partial charge on any atom is -0.496 e. The molecule has 6 nitrogen and oxygen atoms in total. The van der Waals surface area contributed by atoms with E-state index in [1.807, 2.05) is 6.92 Å². The number of carbonyl (C=O) groups is 1. The summed E-state index contributed by atoms with van der Waals surface area (Å²) in [6.45, 7) is 4.54. The Labute approximate surface area is 137 Å². The van der Waals surface area contributed by atoms with Crippen LogP contribution in [0.1, 0.15) is 15.9 Å². The van der Waals surface area contributed by atoms with Gasteiger partial charge in [-0.1, -0.05) is 0 Å². The van der Waals surface area contributed by atoms with Crippen molar-refractivity contribution >= 4 is 18.3 Å². The molecule has 0 aliphatic rings. The van der Waals surface area contributed by atoms with Gasteiger partial charge in [0, 0.05) is 37.9 Å². The van der Waals surface area contributed by atoms with Gasteiger partial charge in [0.05, 0.1) is 20.8 Å². The highest BCUT2D eigenvalue weighted by atomic mass is 35.5. The summed E-state index contributed by atoms with van der Waals surface area (Å²) in [6.07, 6.45) is 0. The molecular formula is C15H25ClN2O4. The van der Waals surface area contributed by atoms with Gasteiger partial charge in [-0.05, 0) is 19.1 Å². The first-order valence-electron chi connectivity index (χ1n) is 6.84. The fourth-order valence-corrected chi connectivity index (χ4v) is 1.88. The molecule has 1 aromatic rings. The maximum absolute atomic E-state index is 12.1. The van der Waals surface area contributed by atoms with E-state index in [2.05, 4.69) is 10.6 Å². The molecule has 22 heavy (non-hydrogen) atoms. The second-order valence-corrected chi connectivity index (χ2v) is 4.50. The number of nitrogens with one attached hydrogen (secondary N) is 2. The Morgan fingerprint density at radius 2 is 1.64 bits per heavy atom. The zero-order chi connectivity index (χ0) is 15.7. The molecule has 0 aliphatic carbocycles. The molecule has 1 rings (SSSR count). The summed E-state index contributed by atoms with van der Waals surface area (Å²) in [5, 5.41) is 6.00. The second-order valence-electron chi connectivity index (χ2n) is 4.50. The van der Waals surface area contributed by atoms with E-state index >= 15 is 0 Å². The van der Waals surface area contributed by atoms with Crippen molar-refractivity contribution in [2.45, 2.75) is 6.92 Å². The first kappa shape index (κ1) is 20.5. The topological polar surface area (TPSA) is 68.8 Å². The number of amides is 1. The highest BCUT2D eigenvalue weighted by Gasteiger charge is 2.13. The van der Waals surface area contributed by atoms with Crippen molar-refractivity contribution in [1.29, 1.82) is 0 Å². The van der Waals surface area contributed by atoms with Gasteiger partial charge in [0.2, 0.25) is 0 Å². The van der Waals surface area contributed by atoms with Crippen molar-refractivity contribution in [1.82, 2.24) is 10.6 Å². The van der Waals surface area contributed by atoms with E-state index in [0.29, 0.717) is 36.8 Å².